The van der Waals surface area contributed by atoms with Crippen molar-refractivity contribution in [3.05, 3.63) is 41.0 Å². The standard InChI is InChI=1S/C23H31N5O4S/c1-17-24-23(32-25-17)20-6-3-9-26(15-20)16-22(29)27-10-12-28(13-11-27)33(30,31)21-8-7-18-4-2-5-19(18)14-21/h7-8,14,20H,2-6,9-13,15-16H2,1H3. The third-order valence-electron chi connectivity index (χ3n) is 7.06. The number of amides is 1. The summed E-state index contributed by atoms with van der Waals surface area (Å²) in [5.41, 5.74) is 2.42. The van der Waals surface area contributed by atoms with Crippen molar-refractivity contribution < 1.29 is 17.7 Å². The highest BCUT2D eigenvalue weighted by Gasteiger charge is 2.32. The second-order valence-corrected chi connectivity index (χ2v) is 11.3. The minimum absolute atomic E-state index is 0.0481. The summed E-state index contributed by atoms with van der Waals surface area (Å²) in [5, 5.41) is 3.88. The summed E-state index contributed by atoms with van der Waals surface area (Å²) in [4.78, 5) is 21.6. The Morgan fingerprint density at radius 3 is 2.64 bits per heavy atom. The Bertz CT molecular complexity index is 1120. The lowest BCUT2D eigenvalue weighted by atomic mass is 9.98. The maximum atomic E-state index is 13.1. The number of sulfonamides is 1. The first-order valence-electron chi connectivity index (χ1n) is 11.8. The molecule has 1 unspecified atom stereocenters. The van der Waals surface area contributed by atoms with Gasteiger partial charge in [0.25, 0.3) is 0 Å². The summed E-state index contributed by atoms with van der Waals surface area (Å²) in [6.45, 7) is 5.22. The Morgan fingerprint density at radius 2 is 1.88 bits per heavy atom. The Kier molecular flexibility index (Phi) is 6.24. The lowest BCUT2D eigenvalue weighted by molar-refractivity contribution is -0.133. The van der Waals surface area contributed by atoms with Crippen LogP contribution >= 0.6 is 0 Å². The number of likely N-dealkylation sites (tertiary alicyclic amines) is 1. The van der Waals surface area contributed by atoms with Gasteiger partial charge in [-0.05, 0) is 68.8 Å². The number of fused-ring (bicyclic) bond motifs is 1. The van der Waals surface area contributed by atoms with Crippen molar-refractivity contribution in [2.24, 2.45) is 0 Å². The van der Waals surface area contributed by atoms with E-state index < -0.39 is 10.0 Å². The number of nitrogens with zero attached hydrogens (tertiary/aromatic N) is 5. The molecular formula is C23H31N5O4S. The largest absolute Gasteiger partial charge is 0.339 e. The molecule has 178 valence electrons. The van der Waals surface area contributed by atoms with Gasteiger partial charge in [-0.1, -0.05) is 11.2 Å². The average molecular weight is 474 g/mol. The van der Waals surface area contributed by atoms with E-state index in [0.717, 1.165) is 50.8 Å². The second-order valence-electron chi connectivity index (χ2n) is 9.32. The molecule has 5 rings (SSSR count). The van der Waals surface area contributed by atoms with E-state index in [1.165, 1.54) is 9.87 Å². The fourth-order valence-electron chi connectivity index (χ4n) is 5.21. The normalized spacial score (nSPS) is 22.5. The van der Waals surface area contributed by atoms with E-state index in [2.05, 4.69) is 15.0 Å². The quantitative estimate of drug-likeness (QED) is 0.650. The minimum atomic E-state index is -3.53. The van der Waals surface area contributed by atoms with Gasteiger partial charge in [0.15, 0.2) is 5.82 Å². The highest BCUT2D eigenvalue weighted by atomic mass is 32.2. The maximum absolute atomic E-state index is 13.1. The number of aromatic nitrogens is 2. The van der Waals surface area contributed by atoms with E-state index in [9.17, 15) is 13.2 Å². The zero-order valence-electron chi connectivity index (χ0n) is 19.1. The van der Waals surface area contributed by atoms with Crippen LogP contribution in [0.4, 0.5) is 0 Å². The van der Waals surface area contributed by atoms with Gasteiger partial charge in [-0.15, -0.1) is 0 Å². The Balaban J connectivity index is 1.16. The van der Waals surface area contributed by atoms with Crippen LogP contribution in [0.25, 0.3) is 0 Å². The van der Waals surface area contributed by atoms with Crippen LogP contribution in [-0.2, 0) is 27.7 Å². The van der Waals surface area contributed by atoms with Gasteiger partial charge in [-0.2, -0.15) is 9.29 Å². The Hall–Kier alpha value is -2.30. The van der Waals surface area contributed by atoms with Crippen LogP contribution in [0.1, 0.15) is 48.0 Å². The number of carbonyl (C=O) groups excluding carboxylic acids is 1. The molecule has 0 saturated carbocycles. The monoisotopic (exact) mass is 473 g/mol. The van der Waals surface area contributed by atoms with Crippen molar-refractivity contribution in [1.82, 2.24) is 24.2 Å². The van der Waals surface area contributed by atoms with Crippen LogP contribution in [0, 0.1) is 6.92 Å². The molecule has 0 radical (unpaired) electrons. The van der Waals surface area contributed by atoms with Crippen molar-refractivity contribution in [3.63, 3.8) is 0 Å². The number of rotatable bonds is 5. The molecule has 2 aromatic rings. The van der Waals surface area contributed by atoms with Gasteiger partial charge in [0, 0.05) is 32.7 Å². The topological polar surface area (TPSA) is 99.9 Å². The van der Waals surface area contributed by atoms with Crippen LogP contribution in [0.2, 0.25) is 0 Å². The van der Waals surface area contributed by atoms with E-state index in [4.69, 9.17) is 4.52 Å². The third-order valence-corrected chi connectivity index (χ3v) is 8.95. The number of hydrogen-bond donors (Lipinski definition) is 0. The first-order chi connectivity index (χ1) is 15.9. The molecule has 3 heterocycles. The van der Waals surface area contributed by atoms with Gasteiger partial charge >= 0.3 is 0 Å². The summed E-state index contributed by atoms with van der Waals surface area (Å²) in [5.74, 6) is 1.48. The summed E-state index contributed by atoms with van der Waals surface area (Å²) in [6, 6.07) is 5.53. The molecule has 3 aliphatic rings. The number of piperazine rings is 1. The number of benzene rings is 1. The van der Waals surface area contributed by atoms with Crippen molar-refractivity contribution >= 4 is 15.9 Å². The molecule has 2 aliphatic heterocycles. The molecule has 9 nitrogen and oxygen atoms in total. The fraction of sp³-hybridized carbons (Fsp3) is 0.609. The molecule has 0 bridgehead atoms. The average Bonchev–Trinajstić information content (AvgIpc) is 3.47. The molecule has 1 aliphatic carbocycles. The van der Waals surface area contributed by atoms with Crippen molar-refractivity contribution in [3.8, 4) is 0 Å². The highest BCUT2D eigenvalue weighted by molar-refractivity contribution is 7.89. The van der Waals surface area contributed by atoms with E-state index in [1.54, 1.807) is 17.9 Å². The van der Waals surface area contributed by atoms with Crippen LogP contribution < -0.4 is 0 Å². The number of aryl methyl sites for hydroxylation is 3. The molecule has 0 N–H and O–H groups in total. The molecule has 1 amide bonds. The van der Waals surface area contributed by atoms with E-state index >= 15 is 0 Å². The van der Waals surface area contributed by atoms with Gasteiger partial charge in [-0.3, -0.25) is 9.69 Å². The van der Waals surface area contributed by atoms with E-state index in [0.29, 0.717) is 49.3 Å². The number of piperidine rings is 1. The van der Waals surface area contributed by atoms with Crippen molar-refractivity contribution in [1.29, 1.82) is 0 Å². The minimum Gasteiger partial charge on any atom is -0.339 e. The van der Waals surface area contributed by atoms with Gasteiger partial charge in [0.1, 0.15) is 0 Å². The van der Waals surface area contributed by atoms with Crippen molar-refractivity contribution in [2.45, 2.75) is 49.8 Å². The lowest BCUT2D eigenvalue weighted by Crippen LogP contribution is -2.53. The molecule has 2 saturated heterocycles. The molecule has 1 atom stereocenters. The summed E-state index contributed by atoms with van der Waals surface area (Å²) in [7, 11) is -3.53. The van der Waals surface area contributed by atoms with Gasteiger partial charge in [-0.25, -0.2) is 8.42 Å². The number of carbonyl (C=O) groups is 1. The molecule has 2 fully saturated rings. The molecule has 10 heteroatoms. The molecular weight excluding hydrogens is 442 g/mol. The second kappa shape index (κ2) is 9.15. The van der Waals surface area contributed by atoms with E-state index in [-0.39, 0.29) is 11.8 Å². The summed E-state index contributed by atoms with van der Waals surface area (Å²) in [6.07, 6.45) is 5.02. The smallest absolute Gasteiger partial charge is 0.243 e. The van der Waals surface area contributed by atoms with Crippen LogP contribution in [0.5, 0.6) is 0 Å². The predicted molar refractivity (Wildman–Crippen MR) is 121 cm³/mol. The van der Waals surface area contributed by atoms with Gasteiger partial charge < -0.3 is 9.42 Å². The van der Waals surface area contributed by atoms with E-state index in [1.807, 2.05) is 12.1 Å². The molecule has 0 spiro atoms. The van der Waals surface area contributed by atoms with Gasteiger partial charge in [0.2, 0.25) is 21.8 Å². The lowest BCUT2D eigenvalue weighted by Gasteiger charge is -2.36. The SMILES string of the molecule is Cc1noc(C2CCCN(CC(=O)N3CCN(S(=O)(=O)c4ccc5c(c4)CCC5)CC3)C2)n1. The van der Waals surface area contributed by atoms with Crippen LogP contribution in [-0.4, -0.2) is 84.4 Å². The molecule has 1 aromatic heterocycles. The van der Waals surface area contributed by atoms with Crippen molar-refractivity contribution in [2.75, 3.05) is 45.8 Å². The maximum Gasteiger partial charge on any atom is 0.243 e. The molecule has 1 aromatic carbocycles. The predicted octanol–water partition coefficient (Wildman–Crippen LogP) is 1.58. The van der Waals surface area contributed by atoms with Gasteiger partial charge in [0.05, 0.1) is 17.4 Å². The zero-order valence-corrected chi connectivity index (χ0v) is 19.9. The summed E-state index contributed by atoms with van der Waals surface area (Å²) < 4.78 is 33.1. The summed E-state index contributed by atoms with van der Waals surface area (Å²) >= 11 is 0. The third kappa shape index (κ3) is 4.69. The Labute approximate surface area is 194 Å². The van der Waals surface area contributed by atoms with Crippen LogP contribution in [0.15, 0.2) is 27.6 Å². The first kappa shape index (κ1) is 22.5. The van der Waals surface area contributed by atoms with Crippen LogP contribution in [0.3, 0.4) is 0 Å². The molecule has 33 heavy (non-hydrogen) atoms. The number of hydrogen-bond acceptors (Lipinski definition) is 7. The fourth-order valence-corrected chi connectivity index (χ4v) is 6.68. The Morgan fingerprint density at radius 1 is 1.09 bits per heavy atom. The zero-order chi connectivity index (χ0) is 23.0. The highest BCUT2D eigenvalue weighted by Crippen LogP contribution is 2.27. The first-order valence-corrected chi connectivity index (χ1v) is 13.3.